The number of para-hydroxylation sites is 1. The Balaban J connectivity index is 1.99. The first-order chi connectivity index (χ1) is 9.56. The minimum Gasteiger partial charge on any atom is -0.478 e. The van der Waals surface area contributed by atoms with Crippen LogP contribution in [0.15, 0.2) is 48.5 Å². The van der Waals surface area contributed by atoms with Gasteiger partial charge in [0.05, 0.1) is 0 Å². The average Bonchev–Trinajstić information content (AvgIpc) is 2.44. The van der Waals surface area contributed by atoms with Crippen LogP contribution in [0.25, 0.3) is 0 Å². The number of benzene rings is 2. The zero-order chi connectivity index (χ0) is 14.5. The van der Waals surface area contributed by atoms with E-state index in [2.05, 4.69) is 5.32 Å². The van der Waals surface area contributed by atoms with Gasteiger partial charge in [-0.05, 0) is 43.3 Å². The Morgan fingerprint density at radius 2 is 1.75 bits per heavy atom. The lowest BCUT2D eigenvalue weighted by atomic mass is 10.3. The van der Waals surface area contributed by atoms with E-state index in [1.807, 2.05) is 0 Å². The van der Waals surface area contributed by atoms with Gasteiger partial charge in [0.25, 0.3) is 5.91 Å². The highest BCUT2D eigenvalue weighted by Crippen LogP contribution is 2.17. The maximum atomic E-state index is 13.4. The lowest BCUT2D eigenvalue weighted by molar-refractivity contribution is -0.122. The molecule has 0 aliphatic rings. The van der Waals surface area contributed by atoms with Crippen LogP contribution in [0.1, 0.15) is 6.92 Å². The van der Waals surface area contributed by atoms with Crippen molar-refractivity contribution in [3.05, 3.63) is 60.2 Å². The van der Waals surface area contributed by atoms with Crippen molar-refractivity contribution in [1.29, 1.82) is 0 Å². The third-order valence-electron chi connectivity index (χ3n) is 2.62. The number of amides is 1. The van der Waals surface area contributed by atoms with E-state index in [-0.39, 0.29) is 5.75 Å². The van der Waals surface area contributed by atoms with Crippen LogP contribution in [0.3, 0.4) is 0 Å². The minimum atomic E-state index is -0.878. The summed E-state index contributed by atoms with van der Waals surface area (Å²) >= 11 is 0. The summed E-state index contributed by atoms with van der Waals surface area (Å²) < 4.78 is 31.4. The number of carbonyl (C=O) groups is 1. The molecule has 0 spiro atoms. The Morgan fingerprint density at radius 1 is 1.10 bits per heavy atom. The number of hydrogen-bond acceptors (Lipinski definition) is 2. The Labute approximate surface area is 115 Å². The molecule has 5 heteroatoms. The molecular weight excluding hydrogens is 264 g/mol. The molecular formula is C15H13F2NO2. The molecule has 0 fully saturated rings. The van der Waals surface area contributed by atoms with Gasteiger partial charge in [0.15, 0.2) is 17.7 Å². The van der Waals surface area contributed by atoms with Crippen LogP contribution in [0.2, 0.25) is 0 Å². The van der Waals surface area contributed by atoms with Gasteiger partial charge >= 0.3 is 0 Å². The van der Waals surface area contributed by atoms with Gasteiger partial charge in [-0.3, -0.25) is 4.79 Å². The number of carbonyl (C=O) groups excluding carboxylic acids is 1. The van der Waals surface area contributed by atoms with E-state index in [1.165, 1.54) is 49.4 Å². The summed E-state index contributed by atoms with van der Waals surface area (Å²) in [6.45, 7) is 1.51. The quantitative estimate of drug-likeness (QED) is 0.930. The lowest BCUT2D eigenvalue weighted by Gasteiger charge is -2.15. The predicted octanol–water partition coefficient (Wildman–Crippen LogP) is 3.37. The normalized spacial score (nSPS) is 11.8. The van der Waals surface area contributed by atoms with Gasteiger partial charge in [0, 0.05) is 5.69 Å². The fourth-order valence-corrected chi connectivity index (χ4v) is 1.56. The van der Waals surface area contributed by atoms with E-state index in [0.29, 0.717) is 5.69 Å². The van der Waals surface area contributed by atoms with Crippen LogP contribution in [0.5, 0.6) is 5.75 Å². The molecule has 0 radical (unpaired) electrons. The highest BCUT2D eigenvalue weighted by Gasteiger charge is 2.16. The van der Waals surface area contributed by atoms with Crippen molar-refractivity contribution in [1.82, 2.24) is 0 Å². The summed E-state index contributed by atoms with van der Waals surface area (Å²) in [5.74, 6) is -1.36. The molecule has 1 unspecified atom stereocenters. The molecule has 0 bridgehead atoms. The van der Waals surface area contributed by atoms with E-state index in [4.69, 9.17) is 4.74 Å². The standard InChI is InChI=1S/C15H13F2NO2/c1-10(20-14-5-3-2-4-13(14)17)15(19)18-12-8-6-11(16)7-9-12/h2-10H,1H3,(H,18,19). The van der Waals surface area contributed by atoms with Crippen molar-refractivity contribution < 1.29 is 18.3 Å². The second-order valence-corrected chi connectivity index (χ2v) is 4.19. The maximum Gasteiger partial charge on any atom is 0.265 e. The Hall–Kier alpha value is -2.43. The van der Waals surface area contributed by atoms with Gasteiger partial charge in [-0.1, -0.05) is 12.1 Å². The lowest BCUT2D eigenvalue weighted by Crippen LogP contribution is -2.30. The van der Waals surface area contributed by atoms with Crippen LogP contribution in [-0.2, 0) is 4.79 Å². The number of rotatable bonds is 4. The molecule has 1 atom stereocenters. The minimum absolute atomic E-state index is 0.00857. The van der Waals surface area contributed by atoms with Crippen LogP contribution >= 0.6 is 0 Å². The smallest absolute Gasteiger partial charge is 0.265 e. The van der Waals surface area contributed by atoms with Crippen LogP contribution < -0.4 is 10.1 Å². The number of hydrogen-bond donors (Lipinski definition) is 1. The summed E-state index contributed by atoms with van der Waals surface area (Å²) in [6, 6.07) is 11.2. The van der Waals surface area contributed by atoms with E-state index >= 15 is 0 Å². The summed E-state index contributed by atoms with van der Waals surface area (Å²) in [4.78, 5) is 11.9. The molecule has 2 aromatic carbocycles. The molecule has 1 N–H and O–H groups in total. The van der Waals surface area contributed by atoms with Gasteiger partial charge in [-0.15, -0.1) is 0 Å². The molecule has 1 amide bonds. The molecule has 2 rings (SSSR count). The van der Waals surface area contributed by atoms with Crippen molar-refractivity contribution in [2.45, 2.75) is 13.0 Å². The second-order valence-electron chi connectivity index (χ2n) is 4.19. The molecule has 20 heavy (non-hydrogen) atoms. The van der Waals surface area contributed by atoms with Gasteiger partial charge in [0.1, 0.15) is 5.82 Å². The monoisotopic (exact) mass is 277 g/mol. The summed E-state index contributed by atoms with van der Waals surface area (Å²) in [5.41, 5.74) is 0.445. The summed E-state index contributed by atoms with van der Waals surface area (Å²) in [7, 11) is 0. The second kappa shape index (κ2) is 6.14. The first-order valence-electron chi connectivity index (χ1n) is 6.04. The van der Waals surface area contributed by atoms with E-state index in [9.17, 15) is 13.6 Å². The SMILES string of the molecule is CC(Oc1ccccc1F)C(=O)Nc1ccc(F)cc1. The Morgan fingerprint density at radius 3 is 2.40 bits per heavy atom. The zero-order valence-corrected chi connectivity index (χ0v) is 10.8. The molecule has 0 aromatic heterocycles. The predicted molar refractivity (Wildman–Crippen MR) is 71.5 cm³/mol. The van der Waals surface area contributed by atoms with Crippen molar-refractivity contribution in [3.8, 4) is 5.75 Å². The van der Waals surface area contributed by atoms with Gasteiger partial charge in [-0.25, -0.2) is 8.78 Å². The van der Waals surface area contributed by atoms with Crippen LogP contribution in [-0.4, -0.2) is 12.0 Å². The summed E-state index contributed by atoms with van der Waals surface area (Å²) in [6.07, 6.45) is -0.878. The number of anilines is 1. The molecule has 0 saturated heterocycles. The molecule has 0 saturated carbocycles. The molecule has 2 aromatic rings. The molecule has 0 aliphatic carbocycles. The van der Waals surface area contributed by atoms with Gasteiger partial charge in [-0.2, -0.15) is 0 Å². The third kappa shape index (κ3) is 3.54. The van der Waals surface area contributed by atoms with Crippen molar-refractivity contribution in [2.24, 2.45) is 0 Å². The molecule has 0 heterocycles. The van der Waals surface area contributed by atoms with Crippen LogP contribution in [0.4, 0.5) is 14.5 Å². The fraction of sp³-hybridized carbons (Fsp3) is 0.133. The number of nitrogens with one attached hydrogen (secondary N) is 1. The van der Waals surface area contributed by atoms with E-state index < -0.39 is 23.6 Å². The topological polar surface area (TPSA) is 38.3 Å². The highest BCUT2D eigenvalue weighted by molar-refractivity contribution is 5.94. The highest BCUT2D eigenvalue weighted by atomic mass is 19.1. The molecule has 0 aliphatic heterocycles. The van der Waals surface area contributed by atoms with Crippen molar-refractivity contribution >= 4 is 11.6 Å². The van der Waals surface area contributed by atoms with E-state index in [0.717, 1.165) is 0 Å². The van der Waals surface area contributed by atoms with Gasteiger partial charge in [0.2, 0.25) is 0 Å². The Kier molecular flexibility index (Phi) is 4.30. The first kappa shape index (κ1) is 14.0. The van der Waals surface area contributed by atoms with Crippen LogP contribution in [0, 0.1) is 11.6 Å². The average molecular weight is 277 g/mol. The molecule has 104 valence electrons. The third-order valence-corrected chi connectivity index (χ3v) is 2.62. The molecule has 3 nitrogen and oxygen atoms in total. The number of ether oxygens (including phenoxy) is 1. The Bertz CT molecular complexity index is 599. The summed E-state index contributed by atoms with van der Waals surface area (Å²) in [5, 5.41) is 2.56. The number of halogens is 2. The van der Waals surface area contributed by atoms with E-state index in [1.54, 1.807) is 6.07 Å². The zero-order valence-electron chi connectivity index (χ0n) is 10.8. The maximum absolute atomic E-state index is 13.4. The first-order valence-corrected chi connectivity index (χ1v) is 6.04. The van der Waals surface area contributed by atoms with Gasteiger partial charge < -0.3 is 10.1 Å². The van der Waals surface area contributed by atoms with Crippen molar-refractivity contribution in [3.63, 3.8) is 0 Å². The largest absolute Gasteiger partial charge is 0.478 e. The van der Waals surface area contributed by atoms with Crippen molar-refractivity contribution in [2.75, 3.05) is 5.32 Å². The fourth-order valence-electron chi connectivity index (χ4n) is 1.56.